The van der Waals surface area contributed by atoms with Crippen molar-refractivity contribution in [3.63, 3.8) is 0 Å². The van der Waals surface area contributed by atoms with Crippen molar-refractivity contribution in [2.75, 3.05) is 33.3 Å². The first-order valence-corrected chi connectivity index (χ1v) is 6.49. The molecule has 0 saturated heterocycles. The van der Waals surface area contributed by atoms with Crippen LogP contribution in [0.15, 0.2) is 18.2 Å². The van der Waals surface area contributed by atoms with Gasteiger partial charge in [0, 0.05) is 18.7 Å². The molecule has 0 aliphatic carbocycles. The zero-order chi connectivity index (χ0) is 14.3. The Kier molecular flexibility index (Phi) is 6.15. The monoisotopic (exact) mass is 266 g/mol. The summed E-state index contributed by atoms with van der Waals surface area (Å²) in [7, 11) is 1.46. The number of methoxy groups -OCH3 is 1. The molecule has 0 fully saturated rings. The Morgan fingerprint density at radius 1 is 1.37 bits per heavy atom. The quantitative estimate of drug-likeness (QED) is 0.784. The van der Waals surface area contributed by atoms with Crippen molar-refractivity contribution in [2.24, 2.45) is 0 Å². The van der Waals surface area contributed by atoms with E-state index in [4.69, 9.17) is 4.74 Å². The summed E-state index contributed by atoms with van der Waals surface area (Å²) in [4.78, 5) is 14.1. The van der Waals surface area contributed by atoms with Crippen molar-refractivity contribution >= 4 is 5.91 Å². The van der Waals surface area contributed by atoms with Gasteiger partial charge in [0.1, 0.15) is 0 Å². The minimum absolute atomic E-state index is 0.0298. The standard InChI is InChI=1S/C14H22N2O3/c1-4-16(5-2)9-8-15-14(18)11-6-7-12(17)13(10-11)19-3/h6-7,10,17H,4-5,8-9H2,1-3H3,(H,15,18). The molecule has 0 bridgehead atoms. The normalized spacial score (nSPS) is 10.5. The molecule has 2 N–H and O–H groups in total. The van der Waals surface area contributed by atoms with E-state index in [0.29, 0.717) is 17.9 Å². The van der Waals surface area contributed by atoms with E-state index in [1.165, 1.54) is 19.2 Å². The number of likely N-dealkylation sites (N-methyl/N-ethyl adjacent to an activating group) is 1. The first-order chi connectivity index (χ1) is 9.12. The van der Waals surface area contributed by atoms with Gasteiger partial charge < -0.3 is 20.1 Å². The molecule has 0 aromatic heterocycles. The van der Waals surface area contributed by atoms with E-state index in [0.717, 1.165) is 19.6 Å². The fourth-order valence-corrected chi connectivity index (χ4v) is 1.79. The van der Waals surface area contributed by atoms with Gasteiger partial charge in [-0.3, -0.25) is 4.79 Å². The van der Waals surface area contributed by atoms with Crippen LogP contribution in [0.4, 0.5) is 0 Å². The number of nitrogens with zero attached hydrogens (tertiary/aromatic N) is 1. The van der Waals surface area contributed by atoms with Crippen LogP contribution < -0.4 is 10.1 Å². The van der Waals surface area contributed by atoms with Crippen LogP contribution in [0.2, 0.25) is 0 Å². The van der Waals surface area contributed by atoms with Crippen LogP contribution in [0.25, 0.3) is 0 Å². The lowest BCUT2D eigenvalue weighted by atomic mass is 10.2. The fraction of sp³-hybridized carbons (Fsp3) is 0.500. The van der Waals surface area contributed by atoms with Gasteiger partial charge in [-0.05, 0) is 31.3 Å². The van der Waals surface area contributed by atoms with E-state index in [2.05, 4.69) is 24.1 Å². The largest absolute Gasteiger partial charge is 0.504 e. The lowest BCUT2D eigenvalue weighted by Gasteiger charge is -2.18. The van der Waals surface area contributed by atoms with E-state index in [1.54, 1.807) is 6.07 Å². The predicted molar refractivity (Wildman–Crippen MR) is 74.8 cm³/mol. The Bertz CT molecular complexity index is 417. The van der Waals surface area contributed by atoms with Crippen molar-refractivity contribution in [3.05, 3.63) is 23.8 Å². The van der Waals surface area contributed by atoms with E-state index in [1.807, 2.05) is 0 Å². The van der Waals surface area contributed by atoms with Crippen molar-refractivity contribution < 1.29 is 14.6 Å². The summed E-state index contributed by atoms with van der Waals surface area (Å²) in [6.07, 6.45) is 0. The highest BCUT2D eigenvalue weighted by Crippen LogP contribution is 2.26. The molecule has 0 saturated carbocycles. The van der Waals surface area contributed by atoms with Crippen molar-refractivity contribution in [1.82, 2.24) is 10.2 Å². The van der Waals surface area contributed by atoms with E-state index in [-0.39, 0.29) is 11.7 Å². The number of phenols is 1. The van der Waals surface area contributed by atoms with Crippen molar-refractivity contribution in [1.29, 1.82) is 0 Å². The second-order valence-electron chi connectivity index (χ2n) is 4.17. The number of hydrogen-bond donors (Lipinski definition) is 2. The Morgan fingerprint density at radius 3 is 2.63 bits per heavy atom. The summed E-state index contributed by atoms with van der Waals surface area (Å²) in [5, 5.41) is 12.3. The average molecular weight is 266 g/mol. The number of ether oxygens (including phenoxy) is 1. The van der Waals surface area contributed by atoms with Gasteiger partial charge in [-0.25, -0.2) is 0 Å². The molecule has 1 aromatic carbocycles. The summed E-state index contributed by atoms with van der Waals surface area (Å²) in [5.41, 5.74) is 0.481. The summed E-state index contributed by atoms with van der Waals surface area (Å²) in [6.45, 7) is 7.56. The summed E-state index contributed by atoms with van der Waals surface area (Å²) in [6, 6.07) is 4.56. The number of phenolic OH excluding ortho intramolecular Hbond substituents is 1. The zero-order valence-corrected chi connectivity index (χ0v) is 11.8. The lowest BCUT2D eigenvalue weighted by Crippen LogP contribution is -2.34. The maximum atomic E-state index is 11.9. The van der Waals surface area contributed by atoms with Crippen LogP contribution in [0.3, 0.4) is 0 Å². The number of carbonyl (C=O) groups excluding carboxylic acids is 1. The molecule has 0 aliphatic heterocycles. The van der Waals surface area contributed by atoms with Crippen LogP contribution in [0.5, 0.6) is 11.5 Å². The van der Waals surface area contributed by atoms with E-state index < -0.39 is 0 Å². The molecule has 1 aromatic rings. The van der Waals surface area contributed by atoms with Crippen LogP contribution >= 0.6 is 0 Å². The number of hydrogen-bond acceptors (Lipinski definition) is 4. The lowest BCUT2D eigenvalue weighted by molar-refractivity contribution is 0.0948. The first-order valence-electron chi connectivity index (χ1n) is 6.49. The molecular weight excluding hydrogens is 244 g/mol. The molecule has 5 heteroatoms. The molecule has 0 heterocycles. The smallest absolute Gasteiger partial charge is 0.251 e. The molecule has 0 aliphatic rings. The van der Waals surface area contributed by atoms with Gasteiger partial charge in [0.15, 0.2) is 11.5 Å². The number of rotatable bonds is 7. The second kappa shape index (κ2) is 7.63. The van der Waals surface area contributed by atoms with Gasteiger partial charge in [-0.1, -0.05) is 13.8 Å². The molecule has 5 nitrogen and oxygen atoms in total. The highest BCUT2D eigenvalue weighted by atomic mass is 16.5. The number of aromatic hydroxyl groups is 1. The van der Waals surface area contributed by atoms with Gasteiger partial charge >= 0.3 is 0 Å². The highest BCUT2D eigenvalue weighted by Gasteiger charge is 2.09. The zero-order valence-electron chi connectivity index (χ0n) is 11.8. The molecule has 0 atom stereocenters. The van der Waals surface area contributed by atoms with Crippen LogP contribution in [0.1, 0.15) is 24.2 Å². The molecule has 106 valence electrons. The Labute approximate surface area is 114 Å². The SMILES string of the molecule is CCN(CC)CCNC(=O)c1ccc(O)c(OC)c1. The van der Waals surface area contributed by atoms with Gasteiger partial charge in [-0.15, -0.1) is 0 Å². The van der Waals surface area contributed by atoms with E-state index in [9.17, 15) is 9.90 Å². The number of carbonyl (C=O) groups is 1. The van der Waals surface area contributed by atoms with Crippen LogP contribution in [-0.4, -0.2) is 49.2 Å². The van der Waals surface area contributed by atoms with Crippen molar-refractivity contribution in [2.45, 2.75) is 13.8 Å². The van der Waals surface area contributed by atoms with Crippen LogP contribution in [0, 0.1) is 0 Å². The van der Waals surface area contributed by atoms with Crippen LogP contribution in [-0.2, 0) is 0 Å². The third-order valence-corrected chi connectivity index (χ3v) is 3.05. The number of nitrogens with one attached hydrogen (secondary N) is 1. The van der Waals surface area contributed by atoms with Gasteiger partial charge in [0.2, 0.25) is 0 Å². The Morgan fingerprint density at radius 2 is 2.05 bits per heavy atom. The summed E-state index contributed by atoms with van der Waals surface area (Å²) in [5.74, 6) is 0.170. The summed E-state index contributed by atoms with van der Waals surface area (Å²) < 4.78 is 4.98. The van der Waals surface area contributed by atoms with Gasteiger partial charge in [0.25, 0.3) is 5.91 Å². The third-order valence-electron chi connectivity index (χ3n) is 3.05. The molecular formula is C14H22N2O3. The van der Waals surface area contributed by atoms with E-state index >= 15 is 0 Å². The van der Waals surface area contributed by atoms with Crippen molar-refractivity contribution in [3.8, 4) is 11.5 Å². The predicted octanol–water partition coefficient (Wildman–Crippen LogP) is 1.47. The van der Waals surface area contributed by atoms with Gasteiger partial charge in [0.05, 0.1) is 7.11 Å². The first kappa shape index (κ1) is 15.3. The second-order valence-corrected chi connectivity index (χ2v) is 4.17. The molecule has 19 heavy (non-hydrogen) atoms. The molecule has 0 radical (unpaired) electrons. The molecule has 1 amide bonds. The highest BCUT2D eigenvalue weighted by molar-refractivity contribution is 5.94. The third kappa shape index (κ3) is 4.44. The number of benzene rings is 1. The number of amides is 1. The average Bonchev–Trinajstić information content (AvgIpc) is 2.44. The maximum Gasteiger partial charge on any atom is 0.251 e. The molecule has 0 spiro atoms. The summed E-state index contributed by atoms with van der Waals surface area (Å²) >= 11 is 0. The molecule has 0 unspecified atom stereocenters. The van der Waals surface area contributed by atoms with Gasteiger partial charge in [-0.2, -0.15) is 0 Å². The topological polar surface area (TPSA) is 61.8 Å². The molecule has 1 rings (SSSR count). The fourth-order valence-electron chi connectivity index (χ4n) is 1.79. The Hall–Kier alpha value is -1.75. The minimum atomic E-state index is -0.162. The maximum absolute atomic E-state index is 11.9. The minimum Gasteiger partial charge on any atom is -0.504 e. The Balaban J connectivity index is 2.54.